The summed E-state index contributed by atoms with van der Waals surface area (Å²) in [5, 5.41) is -0.446. The number of carbonyl (C=O) groups is 1. The molecule has 3 atom stereocenters. The number of nitrogens with one attached hydrogen (secondary N) is 1. The first-order valence-electron chi connectivity index (χ1n) is 11.1. The minimum atomic E-state index is -3.48. The molecule has 7 nitrogen and oxygen atoms in total. The van der Waals surface area contributed by atoms with Crippen LogP contribution >= 0.6 is 0 Å². The van der Waals surface area contributed by atoms with Crippen LogP contribution in [0.4, 0.5) is 4.39 Å². The van der Waals surface area contributed by atoms with Crippen LogP contribution in [0.5, 0.6) is 0 Å². The molecule has 31 heavy (non-hydrogen) atoms. The van der Waals surface area contributed by atoms with E-state index in [0.717, 1.165) is 18.7 Å². The molecule has 0 unspecified atom stereocenters. The number of hydrogen-bond donors (Lipinski definition) is 1. The summed E-state index contributed by atoms with van der Waals surface area (Å²) in [5.74, 6) is -0.679. The normalized spacial score (nSPS) is 28.7. The maximum absolute atomic E-state index is 13.5. The number of ether oxygens (including phenoxy) is 1. The molecule has 3 fully saturated rings. The maximum Gasteiger partial charge on any atom is 0.226 e. The lowest BCUT2D eigenvalue weighted by Crippen LogP contribution is -2.49. The molecule has 1 aromatic rings. The van der Waals surface area contributed by atoms with E-state index in [1.165, 1.54) is 12.1 Å². The van der Waals surface area contributed by atoms with Crippen LogP contribution in [0.15, 0.2) is 24.3 Å². The van der Waals surface area contributed by atoms with Crippen LogP contribution in [0.1, 0.15) is 37.2 Å². The largest absolute Gasteiger partial charge is 0.381 e. The van der Waals surface area contributed by atoms with Gasteiger partial charge in [-0.2, -0.15) is 0 Å². The van der Waals surface area contributed by atoms with Gasteiger partial charge in [0.25, 0.3) is 0 Å². The third kappa shape index (κ3) is 5.27. The van der Waals surface area contributed by atoms with Gasteiger partial charge in [0.2, 0.25) is 15.9 Å². The van der Waals surface area contributed by atoms with E-state index in [-0.39, 0.29) is 29.6 Å². The molecule has 1 amide bonds. The first-order chi connectivity index (χ1) is 14.8. The molecule has 1 aromatic carbocycles. The van der Waals surface area contributed by atoms with Crippen LogP contribution in [-0.4, -0.2) is 81.9 Å². The number of amides is 1. The highest BCUT2D eigenvalue weighted by Crippen LogP contribution is 2.41. The maximum atomic E-state index is 13.5. The van der Waals surface area contributed by atoms with Crippen molar-refractivity contribution < 1.29 is 22.3 Å². The Balaban J connectivity index is 1.51. The van der Waals surface area contributed by atoms with Crippen LogP contribution in [0, 0.1) is 11.7 Å². The van der Waals surface area contributed by atoms with E-state index in [9.17, 15) is 17.6 Å². The third-order valence-electron chi connectivity index (χ3n) is 6.93. The summed E-state index contributed by atoms with van der Waals surface area (Å²) in [5.41, 5.74) is 0.890. The van der Waals surface area contributed by atoms with Gasteiger partial charge in [0, 0.05) is 51.4 Å². The molecule has 3 aliphatic rings. The molecule has 4 rings (SSSR count). The predicted molar refractivity (Wildman–Crippen MR) is 116 cm³/mol. The van der Waals surface area contributed by atoms with E-state index < -0.39 is 15.3 Å². The summed E-state index contributed by atoms with van der Waals surface area (Å²) in [6, 6.07) is 5.96. The van der Waals surface area contributed by atoms with Gasteiger partial charge in [-0.1, -0.05) is 12.1 Å². The number of nitrogens with zero attached hydrogens (tertiary/aromatic N) is 2. The number of sulfonamides is 1. The Labute approximate surface area is 184 Å². The lowest BCUT2D eigenvalue weighted by Gasteiger charge is -2.35. The van der Waals surface area contributed by atoms with Crippen LogP contribution in [0.25, 0.3) is 0 Å². The SMILES string of the molecule is CN1CCN(C(=O)[C@H]2C[C@@H](NS(=O)(=O)C3CCOCC3)C[C@@H]2c2ccc(F)cc2)CC1. The Kier molecular flexibility index (Phi) is 6.95. The number of likely N-dealkylation sites (N-methyl/N-ethyl adjacent to an activating group) is 1. The van der Waals surface area contributed by atoms with Gasteiger partial charge in [-0.15, -0.1) is 0 Å². The summed E-state index contributed by atoms with van der Waals surface area (Å²) >= 11 is 0. The molecule has 2 heterocycles. The smallest absolute Gasteiger partial charge is 0.226 e. The number of carbonyl (C=O) groups excluding carboxylic acids is 1. The predicted octanol–water partition coefficient (Wildman–Crippen LogP) is 1.56. The van der Waals surface area contributed by atoms with Gasteiger partial charge in [-0.3, -0.25) is 4.79 Å². The Morgan fingerprint density at radius 3 is 2.35 bits per heavy atom. The number of piperazine rings is 1. The fourth-order valence-corrected chi connectivity index (χ4v) is 6.72. The second kappa shape index (κ2) is 9.52. The van der Waals surface area contributed by atoms with E-state index in [1.807, 2.05) is 11.9 Å². The molecular formula is C22H32FN3O4S. The van der Waals surface area contributed by atoms with Crippen LogP contribution < -0.4 is 4.72 Å². The first-order valence-corrected chi connectivity index (χ1v) is 12.7. The summed E-state index contributed by atoms with van der Waals surface area (Å²) in [6.07, 6.45) is 1.99. The molecule has 0 bridgehead atoms. The standard InChI is InChI=1S/C22H32FN3O4S/c1-25-8-10-26(11-9-25)22(27)21-15-18(14-20(21)16-2-4-17(23)5-3-16)24-31(28,29)19-6-12-30-13-7-19/h2-5,18-21,24H,6-15H2,1H3/t18-,20+,21-/m0/s1. The zero-order chi connectivity index (χ0) is 22.0. The zero-order valence-electron chi connectivity index (χ0n) is 18.0. The minimum Gasteiger partial charge on any atom is -0.381 e. The number of hydrogen-bond acceptors (Lipinski definition) is 5. The molecule has 1 N–H and O–H groups in total. The molecule has 1 aliphatic carbocycles. The summed E-state index contributed by atoms with van der Waals surface area (Å²) < 4.78 is 47.5. The Hall–Kier alpha value is -1.55. The van der Waals surface area contributed by atoms with Gasteiger partial charge in [0.1, 0.15) is 5.82 Å². The number of halogens is 1. The van der Waals surface area contributed by atoms with Gasteiger partial charge >= 0.3 is 0 Å². The lowest BCUT2D eigenvalue weighted by atomic mass is 9.88. The van der Waals surface area contributed by atoms with E-state index in [4.69, 9.17) is 4.74 Å². The minimum absolute atomic E-state index is 0.0789. The number of benzene rings is 1. The fraction of sp³-hybridized carbons (Fsp3) is 0.682. The second-order valence-electron chi connectivity index (χ2n) is 9.04. The van der Waals surface area contributed by atoms with Crippen LogP contribution in [-0.2, 0) is 19.6 Å². The molecule has 1 saturated carbocycles. The van der Waals surface area contributed by atoms with Gasteiger partial charge in [-0.25, -0.2) is 17.5 Å². The van der Waals surface area contributed by atoms with E-state index in [1.54, 1.807) is 12.1 Å². The number of rotatable bonds is 5. The van der Waals surface area contributed by atoms with Crippen molar-refractivity contribution >= 4 is 15.9 Å². The summed E-state index contributed by atoms with van der Waals surface area (Å²) in [7, 11) is -1.44. The fourth-order valence-electron chi connectivity index (χ4n) is 5.06. The lowest BCUT2D eigenvalue weighted by molar-refractivity contribution is -0.137. The summed E-state index contributed by atoms with van der Waals surface area (Å²) in [6.45, 7) is 3.94. The average molecular weight is 454 g/mol. The van der Waals surface area contributed by atoms with Crippen LogP contribution in [0.2, 0.25) is 0 Å². The average Bonchev–Trinajstić information content (AvgIpc) is 3.18. The van der Waals surface area contributed by atoms with Gasteiger partial charge in [0.05, 0.1) is 5.25 Å². The highest BCUT2D eigenvalue weighted by Gasteiger charge is 2.43. The third-order valence-corrected chi connectivity index (χ3v) is 8.94. The van der Waals surface area contributed by atoms with Gasteiger partial charge < -0.3 is 14.5 Å². The molecular weight excluding hydrogens is 421 g/mol. The van der Waals surface area contributed by atoms with Crippen molar-refractivity contribution in [2.45, 2.75) is 42.9 Å². The molecule has 172 valence electrons. The summed E-state index contributed by atoms with van der Waals surface area (Å²) in [4.78, 5) is 17.5. The molecule has 9 heteroatoms. The Bertz CT molecular complexity index is 865. The van der Waals surface area contributed by atoms with Gasteiger partial charge in [0.15, 0.2) is 0 Å². The monoisotopic (exact) mass is 453 g/mol. The highest BCUT2D eigenvalue weighted by atomic mass is 32.2. The van der Waals surface area contributed by atoms with Crippen molar-refractivity contribution in [3.8, 4) is 0 Å². The van der Waals surface area contributed by atoms with Crippen molar-refractivity contribution in [2.24, 2.45) is 5.92 Å². The molecule has 0 aromatic heterocycles. The van der Waals surface area contributed by atoms with Crippen molar-refractivity contribution in [2.75, 3.05) is 46.4 Å². The van der Waals surface area contributed by atoms with Crippen molar-refractivity contribution in [1.82, 2.24) is 14.5 Å². The van der Waals surface area contributed by atoms with Crippen molar-refractivity contribution in [3.63, 3.8) is 0 Å². The second-order valence-corrected chi connectivity index (χ2v) is 11.0. The van der Waals surface area contributed by atoms with Gasteiger partial charge in [-0.05, 0) is 56.3 Å². The van der Waals surface area contributed by atoms with Crippen LogP contribution in [0.3, 0.4) is 0 Å². The molecule has 2 aliphatic heterocycles. The van der Waals surface area contributed by atoms with E-state index in [0.29, 0.717) is 52.0 Å². The quantitative estimate of drug-likeness (QED) is 0.732. The molecule has 0 spiro atoms. The van der Waals surface area contributed by atoms with E-state index in [2.05, 4.69) is 9.62 Å². The highest BCUT2D eigenvalue weighted by molar-refractivity contribution is 7.90. The van der Waals surface area contributed by atoms with E-state index >= 15 is 0 Å². The molecule has 0 radical (unpaired) electrons. The Morgan fingerprint density at radius 2 is 1.71 bits per heavy atom. The molecule has 2 saturated heterocycles. The van der Waals surface area contributed by atoms with Crippen molar-refractivity contribution in [1.29, 1.82) is 0 Å². The first kappa shape index (κ1) is 22.6. The van der Waals surface area contributed by atoms with Crippen molar-refractivity contribution in [3.05, 3.63) is 35.6 Å². The zero-order valence-corrected chi connectivity index (χ0v) is 18.8. The Morgan fingerprint density at radius 1 is 1.06 bits per heavy atom. The topological polar surface area (TPSA) is 79.0 Å².